The first-order chi connectivity index (χ1) is 10.1. The maximum atomic E-state index is 6.35. The third kappa shape index (κ3) is 3.46. The summed E-state index contributed by atoms with van der Waals surface area (Å²) in [6, 6.07) is 10.3. The van der Waals surface area contributed by atoms with Crippen LogP contribution in [0.25, 0.3) is 0 Å². The Balaban J connectivity index is 2.45. The predicted molar refractivity (Wildman–Crippen MR) is 93.6 cm³/mol. The summed E-state index contributed by atoms with van der Waals surface area (Å²) in [6.45, 7) is 4.95. The van der Waals surface area contributed by atoms with E-state index in [1.807, 2.05) is 29.8 Å². The van der Waals surface area contributed by atoms with Gasteiger partial charge in [-0.3, -0.25) is 4.68 Å². The van der Waals surface area contributed by atoms with Crippen LogP contribution in [0.15, 0.2) is 34.8 Å². The number of hydrogen-bond donors (Lipinski definition) is 0. The predicted octanol–water partition coefficient (Wildman–Crippen LogP) is 4.93. The molecular weight excluding hydrogens is 371 g/mol. The number of hydrogen-bond acceptors (Lipinski definition) is 1. The Morgan fingerprint density at radius 1 is 1.24 bits per heavy atom. The average molecular weight is 390 g/mol. The van der Waals surface area contributed by atoms with Gasteiger partial charge in [0.15, 0.2) is 0 Å². The molecule has 0 aliphatic rings. The topological polar surface area (TPSA) is 17.8 Å². The fourth-order valence-electron chi connectivity index (χ4n) is 2.62. The fourth-order valence-corrected chi connectivity index (χ4v) is 4.09. The van der Waals surface area contributed by atoms with Crippen molar-refractivity contribution in [2.75, 3.05) is 11.8 Å². The minimum Gasteiger partial charge on any atom is -0.270 e. The SMILES string of the molecule is CCn1nc(C)cc1CC(CCl)(CCl)c1ccccc1Br. The van der Waals surface area contributed by atoms with Crippen LogP contribution >= 0.6 is 39.1 Å². The standard InChI is InChI=1S/C16H19BrCl2N2/c1-3-21-13(8-12(2)20-21)9-16(10-18,11-19)14-6-4-5-7-15(14)17/h4-8H,3,9-11H2,1-2H3. The summed E-state index contributed by atoms with van der Waals surface area (Å²) in [5.41, 5.74) is 3.04. The zero-order valence-electron chi connectivity index (χ0n) is 12.2. The third-order valence-electron chi connectivity index (χ3n) is 3.76. The van der Waals surface area contributed by atoms with E-state index in [4.69, 9.17) is 23.2 Å². The number of benzene rings is 1. The molecule has 0 saturated heterocycles. The molecule has 0 aliphatic carbocycles. The summed E-state index contributed by atoms with van der Waals surface area (Å²) in [7, 11) is 0. The quantitative estimate of drug-likeness (QED) is 0.640. The van der Waals surface area contributed by atoms with E-state index in [0.717, 1.165) is 28.7 Å². The molecule has 1 aromatic heterocycles. The van der Waals surface area contributed by atoms with E-state index in [9.17, 15) is 0 Å². The summed E-state index contributed by atoms with van der Waals surface area (Å²) >= 11 is 16.3. The van der Waals surface area contributed by atoms with Crippen molar-refractivity contribution in [3.8, 4) is 0 Å². The van der Waals surface area contributed by atoms with Crippen molar-refractivity contribution >= 4 is 39.1 Å². The van der Waals surface area contributed by atoms with Crippen LogP contribution in [0.3, 0.4) is 0 Å². The molecule has 0 fully saturated rings. The van der Waals surface area contributed by atoms with Crippen molar-refractivity contribution in [1.29, 1.82) is 0 Å². The Bertz CT molecular complexity index is 606. The summed E-state index contributed by atoms with van der Waals surface area (Å²) in [5.74, 6) is 0.931. The maximum Gasteiger partial charge on any atom is 0.0596 e. The smallest absolute Gasteiger partial charge is 0.0596 e. The molecule has 0 amide bonds. The summed E-state index contributed by atoms with van der Waals surface area (Å²) < 4.78 is 3.07. The van der Waals surface area contributed by atoms with Crippen molar-refractivity contribution in [2.24, 2.45) is 0 Å². The van der Waals surface area contributed by atoms with Gasteiger partial charge in [0.2, 0.25) is 0 Å². The minimum atomic E-state index is -0.303. The van der Waals surface area contributed by atoms with Crippen molar-refractivity contribution in [2.45, 2.75) is 32.2 Å². The second-order valence-electron chi connectivity index (χ2n) is 5.30. The molecule has 0 saturated carbocycles. The van der Waals surface area contributed by atoms with Crippen LogP contribution in [0, 0.1) is 6.92 Å². The Morgan fingerprint density at radius 3 is 2.48 bits per heavy atom. The van der Waals surface area contributed by atoms with Gasteiger partial charge in [0, 0.05) is 40.3 Å². The Kier molecular flexibility index (Phi) is 5.75. The largest absolute Gasteiger partial charge is 0.270 e. The van der Waals surface area contributed by atoms with Gasteiger partial charge in [-0.15, -0.1) is 23.2 Å². The summed E-state index contributed by atoms with van der Waals surface area (Å²) in [6.07, 6.45) is 0.775. The van der Waals surface area contributed by atoms with E-state index >= 15 is 0 Å². The van der Waals surface area contributed by atoms with E-state index in [-0.39, 0.29) is 5.41 Å². The highest BCUT2D eigenvalue weighted by Gasteiger charge is 2.34. The second-order valence-corrected chi connectivity index (χ2v) is 6.69. The van der Waals surface area contributed by atoms with E-state index in [2.05, 4.69) is 40.1 Å². The number of halogens is 3. The van der Waals surface area contributed by atoms with Crippen molar-refractivity contribution < 1.29 is 0 Å². The molecule has 2 nitrogen and oxygen atoms in total. The Labute approximate surface area is 144 Å². The molecule has 2 rings (SSSR count). The van der Waals surface area contributed by atoms with Gasteiger partial charge in [-0.2, -0.15) is 5.10 Å². The van der Waals surface area contributed by atoms with Gasteiger partial charge in [0.25, 0.3) is 0 Å². The minimum absolute atomic E-state index is 0.303. The van der Waals surface area contributed by atoms with E-state index in [1.54, 1.807) is 0 Å². The summed E-state index contributed by atoms with van der Waals surface area (Å²) in [5, 5.41) is 4.52. The molecule has 2 aromatic rings. The highest BCUT2D eigenvalue weighted by atomic mass is 79.9. The lowest BCUT2D eigenvalue weighted by Gasteiger charge is -2.31. The normalized spacial score (nSPS) is 11.9. The van der Waals surface area contributed by atoms with Crippen LogP contribution in [-0.2, 0) is 18.4 Å². The first kappa shape index (κ1) is 16.9. The third-order valence-corrected chi connectivity index (χ3v) is 5.48. The molecule has 0 spiro atoms. The van der Waals surface area contributed by atoms with Crippen LogP contribution in [0.5, 0.6) is 0 Å². The lowest BCUT2D eigenvalue weighted by atomic mass is 9.80. The van der Waals surface area contributed by atoms with Gasteiger partial charge in [-0.25, -0.2) is 0 Å². The van der Waals surface area contributed by atoms with Crippen LogP contribution in [-0.4, -0.2) is 21.5 Å². The first-order valence-electron chi connectivity index (χ1n) is 6.96. The summed E-state index contributed by atoms with van der Waals surface area (Å²) in [4.78, 5) is 0. The highest BCUT2D eigenvalue weighted by Crippen LogP contribution is 2.36. The van der Waals surface area contributed by atoms with Crippen LogP contribution < -0.4 is 0 Å². The monoisotopic (exact) mass is 388 g/mol. The van der Waals surface area contributed by atoms with Crippen LogP contribution in [0.2, 0.25) is 0 Å². The molecule has 0 unspecified atom stereocenters. The van der Waals surface area contributed by atoms with Crippen molar-refractivity contribution in [3.63, 3.8) is 0 Å². The molecule has 21 heavy (non-hydrogen) atoms. The lowest BCUT2D eigenvalue weighted by molar-refractivity contribution is 0.496. The Hall–Kier alpha value is -0.510. The molecule has 0 radical (unpaired) electrons. The van der Waals surface area contributed by atoms with Gasteiger partial charge in [0.05, 0.1) is 5.69 Å². The molecule has 5 heteroatoms. The highest BCUT2D eigenvalue weighted by molar-refractivity contribution is 9.10. The Morgan fingerprint density at radius 2 is 1.90 bits per heavy atom. The molecule has 0 bridgehead atoms. The second kappa shape index (κ2) is 7.17. The zero-order chi connectivity index (χ0) is 15.5. The van der Waals surface area contributed by atoms with Crippen molar-refractivity contribution in [3.05, 3.63) is 51.8 Å². The number of aryl methyl sites for hydroxylation is 2. The van der Waals surface area contributed by atoms with Gasteiger partial charge >= 0.3 is 0 Å². The molecular formula is C16H19BrCl2N2. The van der Waals surface area contributed by atoms with E-state index in [1.165, 1.54) is 5.69 Å². The van der Waals surface area contributed by atoms with Crippen LogP contribution in [0.4, 0.5) is 0 Å². The average Bonchev–Trinajstić information content (AvgIpc) is 2.85. The molecule has 1 aromatic carbocycles. The van der Waals surface area contributed by atoms with Crippen LogP contribution in [0.1, 0.15) is 23.9 Å². The van der Waals surface area contributed by atoms with Gasteiger partial charge in [0.1, 0.15) is 0 Å². The number of nitrogens with zero attached hydrogens (tertiary/aromatic N) is 2. The van der Waals surface area contributed by atoms with Gasteiger partial charge in [-0.05, 0) is 31.5 Å². The van der Waals surface area contributed by atoms with Gasteiger partial charge in [-0.1, -0.05) is 34.1 Å². The lowest BCUT2D eigenvalue weighted by Crippen LogP contribution is -2.34. The van der Waals surface area contributed by atoms with E-state index in [0.29, 0.717) is 11.8 Å². The molecule has 1 heterocycles. The molecule has 0 aliphatic heterocycles. The number of rotatable bonds is 6. The molecule has 0 atom stereocenters. The number of alkyl halides is 2. The fraction of sp³-hybridized carbons (Fsp3) is 0.438. The zero-order valence-corrected chi connectivity index (χ0v) is 15.3. The number of aromatic nitrogens is 2. The first-order valence-corrected chi connectivity index (χ1v) is 8.83. The molecule has 114 valence electrons. The van der Waals surface area contributed by atoms with E-state index < -0.39 is 0 Å². The van der Waals surface area contributed by atoms with Gasteiger partial charge < -0.3 is 0 Å². The maximum absolute atomic E-state index is 6.35. The molecule has 0 N–H and O–H groups in total. The van der Waals surface area contributed by atoms with Crippen molar-refractivity contribution in [1.82, 2.24) is 9.78 Å².